The van der Waals surface area contributed by atoms with Crippen LogP contribution >= 0.6 is 12.2 Å². The van der Waals surface area contributed by atoms with E-state index in [0.717, 1.165) is 24.3 Å². The highest BCUT2D eigenvalue weighted by molar-refractivity contribution is 7.80. The van der Waals surface area contributed by atoms with Gasteiger partial charge in [0.05, 0.1) is 7.11 Å². The van der Waals surface area contributed by atoms with E-state index in [9.17, 15) is 4.39 Å². The summed E-state index contributed by atoms with van der Waals surface area (Å²) in [7, 11) is 1.65. The van der Waals surface area contributed by atoms with Crippen molar-refractivity contribution < 1.29 is 9.13 Å². The number of rotatable bonds is 6. The van der Waals surface area contributed by atoms with Gasteiger partial charge in [0.1, 0.15) is 11.6 Å². The first kappa shape index (κ1) is 16.2. The maximum Gasteiger partial charge on any atom is 0.166 e. The van der Waals surface area contributed by atoms with Gasteiger partial charge in [-0.1, -0.05) is 24.3 Å². The Balaban J connectivity index is 1.67. The Morgan fingerprint density at radius 3 is 2.27 bits per heavy atom. The molecule has 3 nitrogen and oxygen atoms in total. The molecule has 2 aromatic carbocycles. The Morgan fingerprint density at radius 1 is 1.00 bits per heavy atom. The number of hydrogen-bond acceptors (Lipinski definition) is 2. The molecule has 0 heterocycles. The second-order valence-electron chi connectivity index (χ2n) is 4.83. The van der Waals surface area contributed by atoms with Gasteiger partial charge in [-0.3, -0.25) is 0 Å². The number of nitrogens with one attached hydrogen (secondary N) is 2. The lowest BCUT2D eigenvalue weighted by atomic mass is 10.1. The third-order valence-corrected chi connectivity index (χ3v) is 3.51. The highest BCUT2D eigenvalue weighted by atomic mass is 32.1. The topological polar surface area (TPSA) is 33.3 Å². The van der Waals surface area contributed by atoms with E-state index in [0.29, 0.717) is 11.7 Å². The fraction of sp³-hybridized carbons (Fsp3) is 0.235. The van der Waals surface area contributed by atoms with E-state index >= 15 is 0 Å². The number of halogens is 1. The average molecular weight is 318 g/mol. The minimum atomic E-state index is -0.232. The van der Waals surface area contributed by atoms with E-state index < -0.39 is 0 Å². The fourth-order valence-electron chi connectivity index (χ4n) is 1.96. The van der Waals surface area contributed by atoms with Crippen LogP contribution < -0.4 is 15.4 Å². The van der Waals surface area contributed by atoms with Crippen molar-refractivity contribution in [1.29, 1.82) is 0 Å². The summed E-state index contributed by atoms with van der Waals surface area (Å²) < 4.78 is 17.9. The van der Waals surface area contributed by atoms with Crippen LogP contribution in [0.2, 0.25) is 0 Å². The van der Waals surface area contributed by atoms with E-state index in [1.165, 1.54) is 17.7 Å². The first-order valence-electron chi connectivity index (χ1n) is 7.06. The fourth-order valence-corrected chi connectivity index (χ4v) is 2.13. The summed E-state index contributed by atoms with van der Waals surface area (Å²) in [5, 5.41) is 6.85. The molecule has 116 valence electrons. The number of ether oxygens (including phenoxy) is 1. The van der Waals surface area contributed by atoms with Crippen LogP contribution in [-0.4, -0.2) is 18.8 Å². The molecule has 0 amide bonds. The summed E-state index contributed by atoms with van der Waals surface area (Å²) in [6.45, 7) is 1.33. The van der Waals surface area contributed by atoms with E-state index in [-0.39, 0.29) is 5.82 Å². The zero-order chi connectivity index (χ0) is 15.8. The van der Waals surface area contributed by atoms with Crippen LogP contribution in [0.4, 0.5) is 4.39 Å². The molecule has 22 heavy (non-hydrogen) atoms. The predicted molar refractivity (Wildman–Crippen MR) is 90.5 cm³/mol. The number of thiocarbonyl (C=S) groups is 1. The van der Waals surface area contributed by atoms with Crippen LogP contribution in [0, 0.1) is 5.82 Å². The first-order valence-corrected chi connectivity index (χ1v) is 7.47. The molecule has 5 heteroatoms. The van der Waals surface area contributed by atoms with Gasteiger partial charge >= 0.3 is 0 Å². The van der Waals surface area contributed by atoms with E-state index in [4.69, 9.17) is 17.0 Å². The second kappa shape index (κ2) is 8.34. The van der Waals surface area contributed by atoms with Crippen LogP contribution in [0.25, 0.3) is 0 Å². The zero-order valence-electron chi connectivity index (χ0n) is 12.4. The molecular formula is C17H19FN2OS. The Hall–Kier alpha value is -2.14. The summed E-state index contributed by atoms with van der Waals surface area (Å²) in [5.41, 5.74) is 2.20. The van der Waals surface area contributed by atoms with Gasteiger partial charge in [-0.25, -0.2) is 4.39 Å². The standard InChI is InChI=1S/C17H19FN2OS/c1-21-16-8-4-13(5-9-16)10-11-19-17(22)20-12-14-2-6-15(18)7-3-14/h2-9H,10-12H2,1H3,(H2,19,20,22). The van der Waals surface area contributed by atoms with Gasteiger partial charge in [-0.2, -0.15) is 0 Å². The van der Waals surface area contributed by atoms with Gasteiger partial charge in [0.2, 0.25) is 0 Å². The molecule has 2 aromatic rings. The molecule has 0 aliphatic rings. The van der Waals surface area contributed by atoms with Crippen molar-refractivity contribution in [2.24, 2.45) is 0 Å². The predicted octanol–water partition coefficient (Wildman–Crippen LogP) is 3.04. The van der Waals surface area contributed by atoms with Crippen molar-refractivity contribution in [3.63, 3.8) is 0 Å². The maximum absolute atomic E-state index is 12.8. The Labute approximate surface area is 135 Å². The summed E-state index contributed by atoms with van der Waals surface area (Å²) in [6, 6.07) is 14.3. The zero-order valence-corrected chi connectivity index (χ0v) is 13.3. The van der Waals surface area contributed by atoms with Gasteiger partial charge in [0.15, 0.2) is 5.11 Å². The van der Waals surface area contributed by atoms with Crippen molar-refractivity contribution in [3.05, 3.63) is 65.5 Å². The molecule has 0 fully saturated rings. The average Bonchev–Trinajstić information content (AvgIpc) is 2.55. The molecule has 0 atom stereocenters. The van der Waals surface area contributed by atoms with Crippen molar-refractivity contribution >= 4 is 17.3 Å². The molecule has 0 unspecified atom stereocenters. The molecule has 0 aromatic heterocycles. The summed E-state index contributed by atoms with van der Waals surface area (Å²) >= 11 is 5.22. The van der Waals surface area contributed by atoms with Gasteiger partial charge in [-0.15, -0.1) is 0 Å². The third kappa shape index (κ3) is 5.33. The molecule has 0 bridgehead atoms. The third-order valence-electron chi connectivity index (χ3n) is 3.22. The number of methoxy groups -OCH3 is 1. The lowest BCUT2D eigenvalue weighted by Gasteiger charge is -2.11. The Bertz CT molecular complexity index is 599. The molecule has 0 saturated heterocycles. The lowest BCUT2D eigenvalue weighted by Crippen LogP contribution is -2.35. The molecule has 0 aliphatic carbocycles. The molecule has 0 radical (unpaired) electrons. The van der Waals surface area contributed by atoms with Gasteiger partial charge in [-0.05, 0) is 54.0 Å². The van der Waals surface area contributed by atoms with Crippen LogP contribution in [0.1, 0.15) is 11.1 Å². The van der Waals surface area contributed by atoms with Crippen molar-refractivity contribution in [3.8, 4) is 5.75 Å². The largest absolute Gasteiger partial charge is 0.497 e. The summed E-state index contributed by atoms with van der Waals surface area (Å²) in [6.07, 6.45) is 0.877. The van der Waals surface area contributed by atoms with E-state index in [2.05, 4.69) is 10.6 Å². The Kier molecular flexibility index (Phi) is 6.15. The smallest absolute Gasteiger partial charge is 0.166 e. The maximum atomic E-state index is 12.8. The minimum Gasteiger partial charge on any atom is -0.497 e. The van der Waals surface area contributed by atoms with Crippen molar-refractivity contribution in [2.75, 3.05) is 13.7 Å². The van der Waals surface area contributed by atoms with Crippen LogP contribution in [-0.2, 0) is 13.0 Å². The highest BCUT2D eigenvalue weighted by Crippen LogP contribution is 2.11. The van der Waals surface area contributed by atoms with Gasteiger partial charge in [0.25, 0.3) is 0 Å². The quantitative estimate of drug-likeness (QED) is 0.802. The van der Waals surface area contributed by atoms with Crippen molar-refractivity contribution in [2.45, 2.75) is 13.0 Å². The summed E-state index contributed by atoms with van der Waals surface area (Å²) in [4.78, 5) is 0. The second-order valence-corrected chi connectivity index (χ2v) is 5.24. The Morgan fingerprint density at radius 2 is 1.64 bits per heavy atom. The van der Waals surface area contributed by atoms with E-state index in [1.807, 2.05) is 24.3 Å². The van der Waals surface area contributed by atoms with Crippen LogP contribution in [0.3, 0.4) is 0 Å². The molecule has 0 spiro atoms. The number of benzene rings is 2. The minimum absolute atomic E-state index is 0.232. The SMILES string of the molecule is COc1ccc(CCNC(=S)NCc2ccc(F)cc2)cc1. The van der Waals surface area contributed by atoms with Gasteiger partial charge < -0.3 is 15.4 Å². The monoisotopic (exact) mass is 318 g/mol. The lowest BCUT2D eigenvalue weighted by molar-refractivity contribution is 0.414. The normalized spacial score (nSPS) is 10.1. The van der Waals surface area contributed by atoms with Crippen LogP contribution in [0.5, 0.6) is 5.75 Å². The first-order chi connectivity index (χ1) is 10.7. The molecule has 2 rings (SSSR count). The highest BCUT2D eigenvalue weighted by Gasteiger charge is 1.99. The van der Waals surface area contributed by atoms with E-state index in [1.54, 1.807) is 19.2 Å². The van der Waals surface area contributed by atoms with Crippen molar-refractivity contribution in [1.82, 2.24) is 10.6 Å². The molecular weight excluding hydrogens is 299 g/mol. The molecule has 2 N–H and O–H groups in total. The van der Waals surface area contributed by atoms with Crippen LogP contribution in [0.15, 0.2) is 48.5 Å². The van der Waals surface area contributed by atoms with Gasteiger partial charge in [0, 0.05) is 13.1 Å². The number of hydrogen-bond donors (Lipinski definition) is 2. The summed E-state index contributed by atoms with van der Waals surface area (Å²) in [5.74, 6) is 0.622. The molecule has 0 saturated carbocycles. The molecule has 0 aliphatic heterocycles.